The minimum absolute atomic E-state index is 0.0895. The fourth-order valence-electron chi connectivity index (χ4n) is 1.73. The van der Waals surface area contributed by atoms with E-state index in [1.54, 1.807) is 30.7 Å². The quantitative estimate of drug-likeness (QED) is 0.933. The molecule has 1 unspecified atom stereocenters. The zero-order chi connectivity index (χ0) is 13.8. The number of aromatic nitrogens is 2. The lowest BCUT2D eigenvalue weighted by atomic mass is 10.1. The van der Waals surface area contributed by atoms with Crippen molar-refractivity contribution in [3.8, 4) is 5.75 Å². The molecule has 2 aromatic rings. The molecule has 0 aliphatic rings. The van der Waals surface area contributed by atoms with Crippen molar-refractivity contribution in [3.05, 3.63) is 53.1 Å². The largest absolute Gasteiger partial charge is 0.489 e. The zero-order valence-corrected chi connectivity index (χ0v) is 11.6. The number of hydrogen-bond acceptors (Lipinski definition) is 4. The second-order valence-electron chi connectivity index (χ2n) is 4.47. The molecule has 0 amide bonds. The maximum atomic E-state index is 6.17. The molecule has 2 heterocycles. The number of halogens is 1. The highest BCUT2D eigenvalue weighted by Crippen LogP contribution is 2.25. The van der Waals surface area contributed by atoms with Crippen LogP contribution in [0.1, 0.15) is 31.1 Å². The summed E-state index contributed by atoms with van der Waals surface area (Å²) in [6, 6.07) is 4.99. The Hall–Kier alpha value is -1.65. The van der Waals surface area contributed by atoms with Gasteiger partial charge in [-0.25, -0.2) is 0 Å². The third kappa shape index (κ3) is 3.43. The van der Waals surface area contributed by atoms with E-state index in [1.165, 1.54) is 0 Å². The van der Waals surface area contributed by atoms with E-state index in [0.29, 0.717) is 16.5 Å². The van der Waals surface area contributed by atoms with Gasteiger partial charge in [0.25, 0.3) is 0 Å². The van der Waals surface area contributed by atoms with Crippen molar-refractivity contribution >= 4 is 11.6 Å². The van der Waals surface area contributed by atoms with Gasteiger partial charge in [0.05, 0.1) is 29.1 Å². The number of hydrogen-bond donors (Lipinski definition) is 1. The molecule has 4 nitrogen and oxygen atoms in total. The predicted molar refractivity (Wildman–Crippen MR) is 75.3 cm³/mol. The summed E-state index contributed by atoms with van der Waals surface area (Å²) in [5, 5.41) is 0.546. The summed E-state index contributed by atoms with van der Waals surface area (Å²) >= 11 is 6.10. The summed E-state index contributed by atoms with van der Waals surface area (Å²) in [5.74, 6) is 0.690. The Kier molecular flexibility index (Phi) is 4.35. The lowest BCUT2D eigenvalue weighted by molar-refractivity contribution is 0.241. The minimum atomic E-state index is -0.420. The summed E-state index contributed by atoms with van der Waals surface area (Å²) in [5.41, 5.74) is 7.62. The van der Waals surface area contributed by atoms with E-state index in [1.807, 2.05) is 19.9 Å². The molecule has 0 aromatic carbocycles. The molecule has 0 fully saturated rings. The third-order valence-electron chi connectivity index (χ3n) is 2.55. The Labute approximate surface area is 117 Å². The molecule has 0 saturated carbocycles. The molecule has 2 rings (SSSR count). The van der Waals surface area contributed by atoms with Gasteiger partial charge in [0, 0.05) is 12.4 Å². The van der Waals surface area contributed by atoms with E-state index in [0.717, 1.165) is 5.56 Å². The highest BCUT2D eigenvalue weighted by Gasteiger charge is 2.15. The molecule has 2 aromatic heterocycles. The van der Waals surface area contributed by atoms with Crippen LogP contribution < -0.4 is 10.5 Å². The number of pyridine rings is 2. The van der Waals surface area contributed by atoms with Gasteiger partial charge in [0.1, 0.15) is 5.75 Å². The molecule has 19 heavy (non-hydrogen) atoms. The summed E-state index contributed by atoms with van der Waals surface area (Å²) in [6.45, 7) is 3.92. The Morgan fingerprint density at radius 1 is 1.32 bits per heavy atom. The van der Waals surface area contributed by atoms with Crippen LogP contribution in [0.3, 0.4) is 0 Å². The molecule has 0 saturated heterocycles. The number of nitrogens with two attached hydrogens (primary N) is 1. The highest BCUT2D eigenvalue weighted by atomic mass is 35.5. The minimum Gasteiger partial charge on any atom is -0.489 e. The zero-order valence-electron chi connectivity index (χ0n) is 10.9. The second-order valence-corrected chi connectivity index (χ2v) is 4.88. The van der Waals surface area contributed by atoms with E-state index in [-0.39, 0.29) is 6.10 Å². The van der Waals surface area contributed by atoms with Crippen molar-refractivity contribution in [3.63, 3.8) is 0 Å². The van der Waals surface area contributed by atoms with Crippen LogP contribution in [0, 0.1) is 0 Å². The predicted octanol–water partition coefficient (Wildman–Crippen LogP) is 2.97. The van der Waals surface area contributed by atoms with Crippen LogP contribution in [-0.2, 0) is 0 Å². The first-order valence-corrected chi connectivity index (χ1v) is 6.43. The first-order chi connectivity index (χ1) is 9.08. The lowest BCUT2D eigenvalue weighted by Crippen LogP contribution is -2.15. The summed E-state index contributed by atoms with van der Waals surface area (Å²) in [6.07, 6.45) is 5.12. The van der Waals surface area contributed by atoms with Crippen LogP contribution in [0.4, 0.5) is 0 Å². The molecule has 0 aliphatic carbocycles. The first-order valence-electron chi connectivity index (χ1n) is 6.05. The molecular weight excluding hydrogens is 262 g/mol. The molecule has 0 bridgehead atoms. The molecule has 1 atom stereocenters. The SMILES string of the molecule is CC(C)Oc1cncc(C(N)c2ncccc2Cl)c1. The van der Waals surface area contributed by atoms with E-state index in [9.17, 15) is 0 Å². The van der Waals surface area contributed by atoms with Gasteiger partial charge in [0.2, 0.25) is 0 Å². The summed E-state index contributed by atoms with van der Waals surface area (Å²) in [7, 11) is 0. The lowest BCUT2D eigenvalue weighted by Gasteiger charge is -2.15. The van der Waals surface area contributed by atoms with Gasteiger partial charge in [-0.1, -0.05) is 11.6 Å². The smallest absolute Gasteiger partial charge is 0.138 e. The van der Waals surface area contributed by atoms with Gasteiger partial charge in [-0.2, -0.15) is 0 Å². The average Bonchev–Trinajstić information content (AvgIpc) is 2.38. The van der Waals surface area contributed by atoms with Crippen molar-refractivity contribution in [2.24, 2.45) is 5.73 Å². The van der Waals surface area contributed by atoms with Crippen molar-refractivity contribution < 1.29 is 4.74 Å². The van der Waals surface area contributed by atoms with Crippen LogP contribution in [0.25, 0.3) is 0 Å². The second kappa shape index (κ2) is 5.99. The molecule has 5 heteroatoms. The number of ether oxygens (including phenoxy) is 1. The van der Waals surface area contributed by atoms with Crippen LogP contribution in [0.15, 0.2) is 36.8 Å². The van der Waals surface area contributed by atoms with Gasteiger partial charge < -0.3 is 10.5 Å². The van der Waals surface area contributed by atoms with Gasteiger partial charge in [-0.05, 0) is 37.6 Å². The van der Waals surface area contributed by atoms with E-state index < -0.39 is 6.04 Å². The fourth-order valence-corrected chi connectivity index (χ4v) is 1.97. The Bertz CT molecular complexity index is 560. The number of nitrogens with zero attached hydrogens (tertiary/aromatic N) is 2. The summed E-state index contributed by atoms with van der Waals surface area (Å²) < 4.78 is 5.60. The fraction of sp³-hybridized carbons (Fsp3) is 0.286. The van der Waals surface area contributed by atoms with Crippen LogP contribution >= 0.6 is 11.6 Å². The topological polar surface area (TPSA) is 61.0 Å². The molecule has 100 valence electrons. The standard InChI is InChI=1S/C14H16ClN3O/c1-9(2)19-11-6-10(7-17-8-11)13(16)14-12(15)4-3-5-18-14/h3-9,13H,16H2,1-2H3. The van der Waals surface area contributed by atoms with Crippen molar-refractivity contribution in [1.82, 2.24) is 9.97 Å². The van der Waals surface area contributed by atoms with Crippen LogP contribution in [0.5, 0.6) is 5.75 Å². The van der Waals surface area contributed by atoms with E-state index >= 15 is 0 Å². The Balaban J connectivity index is 2.29. The van der Waals surface area contributed by atoms with Gasteiger partial charge in [-0.15, -0.1) is 0 Å². The molecular formula is C14H16ClN3O. The monoisotopic (exact) mass is 277 g/mol. The molecule has 0 spiro atoms. The normalized spacial score (nSPS) is 12.5. The molecule has 2 N–H and O–H groups in total. The van der Waals surface area contributed by atoms with Crippen LogP contribution in [-0.4, -0.2) is 16.1 Å². The average molecular weight is 278 g/mol. The van der Waals surface area contributed by atoms with E-state index in [2.05, 4.69) is 9.97 Å². The molecule has 0 aliphatic heterocycles. The maximum absolute atomic E-state index is 6.17. The third-order valence-corrected chi connectivity index (χ3v) is 2.87. The van der Waals surface area contributed by atoms with Crippen molar-refractivity contribution in [2.45, 2.75) is 26.0 Å². The van der Waals surface area contributed by atoms with Gasteiger partial charge in [0.15, 0.2) is 0 Å². The Morgan fingerprint density at radius 3 is 2.79 bits per heavy atom. The Morgan fingerprint density at radius 2 is 2.11 bits per heavy atom. The van der Waals surface area contributed by atoms with Gasteiger partial charge in [-0.3, -0.25) is 9.97 Å². The maximum Gasteiger partial charge on any atom is 0.138 e. The number of rotatable bonds is 4. The van der Waals surface area contributed by atoms with Crippen molar-refractivity contribution in [1.29, 1.82) is 0 Å². The van der Waals surface area contributed by atoms with Crippen molar-refractivity contribution in [2.75, 3.05) is 0 Å². The van der Waals surface area contributed by atoms with E-state index in [4.69, 9.17) is 22.1 Å². The summed E-state index contributed by atoms with van der Waals surface area (Å²) in [4.78, 5) is 8.36. The first kappa shape index (κ1) is 13.8. The highest BCUT2D eigenvalue weighted by molar-refractivity contribution is 6.31. The van der Waals surface area contributed by atoms with Gasteiger partial charge >= 0.3 is 0 Å². The molecule has 0 radical (unpaired) electrons. The van der Waals surface area contributed by atoms with Crippen LogP contribution in [0.2, 0.25) is 5.02 Å².